The molecule has 124 valence electrons. The number of nitrogens with one attached hydrogen (secondary N) is 1. The smallest absolute Gasteiger partial charge is 0.344 e. The fraction of sp³-hybridized carbons (Fsp3) is 0.375. The molecule has 23 heavy (non-hydrogen) atoms. The SMILES string of the molecule is CCOC(=O)COc1ccc(NC(=O)N2CCC=C(F)C2)cc1. The van der Waals surface area contributed by atoms with Gasteiger partial charge in [0.25, 0.3) is 0 Å². The molecule has 1 aromatic carbocycles. The number of esters is 1. The average molecular weight is 322 g/mol. The highest BCUT2D eigenvalue weighted by Gasteiger charge is 2.18. The maximum Gasteiger partial charge on any atom is 0.344 e. The summed E-state index contributed by atoms with van der Waals surface area (Å²) in [5, 5.41) is 2.69. The number of carbonyl (C=O) groups is 2. The lowest BCUT2D eigenvalue weighted by Crippen LogP contribution is -2.38. The van der Waals surface area contributed by atoms with Gasteiger partial charge in [-0.25, -0.2) is 14.0 Å². The number of hydrogen-bond donors (Lipinski definition) is 1. The number of urea groups is 1. The second-order valence-corrected chi connectivity index (χ2v) is 4.91. The van der Waals surface area contributed by atoms with E-state index >= 15 is 0 Å². The Morgan fingerprint density at radius 2 is 2.04 bits per heavy atom. The van der Waals surface area contributed by atoms with Crippen LogP contribution in [0, 0.1) is 0 Å². The zero-order valence-corrected chi connectivity index (χ0v) is 12.9. The first-order valence-corrected chi connectivity index (χ1v) is 7.37. The molecule has 2 rings (SSSR count). The van der Waals surface area contributed by atoms with Crippen molar-refractivity contribution in [3.63, 3.8) is 0 Å². The van der Waals surface area contributed by atoms with Crippen LogP contribution >= 0.6 is 0 Å². The molecule has 6 nitrogen and oxygen atoms in total. The molecular weight excluding hydrogens is 303 g/mol. The standard InChI is InChI=1S/C16H19FN2O4/c1-2-22-15(20)11-23-14-7-5-13(6-8-14)18-16(21)19-9-3-4-12(17)10-19/h4-8H,2-3,9-11H2,1H3,(H,18,21). The predicted octanol–water partition coefficient (Wildman–Crippen LogP) is 2.72. The van der Waals surface area contributed by atoms with Crippen molar-refractivity contribution in [3.05, 3.63) is 36.2 Å². The fourth-order valence-corrected chi connectivity index (χ4v) is 2.06. The number of hydrogen-bond acceptors (Lipinski definition) is 4. The van der Waals surface area contributed by atoms with Gasteiger partial charge in [0.15, 0.2) is 6.61 Å². The molecule has 1 aromatic rings. The minimum absolute atomic E-state index is 0.00737. The molecule has 0 spiro atoms. The van der Waals surface area contributed by atoms with Gasteiger partial charge in [-0.1, -0.05) is 0 Å². The maximum atomic E-state index is 13.2. The summed E-state index contributed by atoms with van der Waals surface area (Å²) in [4.78, 5) is 24.6. The number of amides is 2. The molecule has 1 aliphatic rings. The highest BCUT2D eigenvalue weighted by Crippen LogP contribution is 2.17. The summed E-state index contributed by atoms with van der Waals surface area (Å²) < 4.78 is 23.2. The van der Waals surface area contributed by atoms with Crippen molar-refractivity contribution < 1.29 is 23.5 Å². The lowest BCUT2D eigenvalue weighted by molar-refractivity contribution is -0.145. The summed E-state index contributed by atoms with van der Waals surface area (Å²) in [6.07, 6.45) is 2.00. The fourth-order valence-electron chi connectivity index (χ4n) is 2.06. The topological polar surface area (TPSA) is 67.9 Å². The van der Waals surface area contributed by atoms with Crippen LogP contribution in [0.1, 0.15) is 13.3 Å². The molecule has 0 aromatic heterocycles. The number of nitrogens with zero attached hydrogens (tertiary/aromatic N) is 1. The molecule has 0 atom stereocenters. The Morgan fingerprint density at radius 3 is 2.70 bits per heavy atom. The Balaban J connectivity index is 1.83. The quantitative estimate of drug-likeness (QED) is 0.846. The van der Waals surface area contributed by atoms with Crippen molar-refractivity contribution in [1.29, 1.82) is 0 Å². The van der Waals surface area contributed by atoms with Crippen LogP contribution in [0.25, 0.3) is 0 Å². The molecule has 1 aliphatic heterocycles. The van der Waals surface area contributed by atoms with Gasteiger partial charge >= 0.3 is 12.0 Å². The number of carbonyl (C=O) groups excluding carboxylic acids is 2. The Kier molecular flexibility index (Phi) is 5.96. The van der Waals surface area contributed by atoms with Crippen LogP contribution in [-0.4, -0.2) is 43.2 Å². The molecule has 1 heterocycles. The molecule has 0 saturated carbocycles. The van der Waals surface area contributed by atoms with E-state index in [1.165, 1.54) is 11.0 Å². The van der Waals surface area contributed by atoms with Gasteiger partial charge in [0.1, 0.15) is 11.6 Å². The molecule has 2 amide bonds. The number of halogens is 1. The predicted molar refractivity (Wildman–Crippen MR) is 83.0 cm³/mol. The van der Waals surface area contributed by atoms with Crippen LogP contribution in [-0.2, 0) is 9.53 Å². The van der Waals surface area contributed by atoms with E-state index in [4.69, 9.17) is 9.47 Å². The Bertz CT molecular complexity index is 586. The first-order valence-electron chi connectivity index (χ1n) is 7.37. The van der Waals surface area contributed by atoms with Gasteiger partial charge in [-0.15, -0.1) is 0 Å². The van der Waals surface area contributed by atoms with E-state index in [1.807, 2.05) is 0 Å². The second-order valence-electron chi connectivity index (χ2n) is 4.91. The molecule has 1 N–H and O–H groups in total. The van der Waals surface area contributed by atoms with E-state index < -0.39 is 5.97 Å². The van der Waals surface area contributed by atoms with Gasteiger partial charge in [-0.05, 0) is 43.7 Å². The van der Waals surface area contributed by atoms with E-state index in [2.05, 4.69) is 5.32 Å². The maximum absolute atomic E-state index is 13.2. The van der Waals surface area contributed by atoms with Crippen LogP contribution in [0.2, 0.25) is 0 Å². The van der Waals surface area contributed by atoms with Crippen LogP contribution < -0.4 is 10.1 Å². The van der Waals surface area contributed by atoms with Gasteiger partial charge in [0.05, 0.1) is 13.2 Å². The van der Waals surface area contributed by atoms with Crippen molar-refractivity contribution in [2.75, 3.05) is 31.6 Å². The minimum atomic E-state index is -0.440. The van der Waals surface area contributed by atoms with Gasteiger partial charge in [-0.2, -0.15) is 0 Å². The molecule has 7 heteroatoms. The van der Waals surface area contributed by atoms with Gasteiger partial charge in [0.2, 0.25) is 0 Å². The Labute approximate surface area is 133 Å². The summed E-state index contributed by atoms with van der Waals surface area (Å²) in [6.45, 7) is 2.34. The molecule has 0 radical (unpaired) electrons. The van der Waals surface area contributed by atoms with Crippen LogP contribution in [0.5, 0.6) is 5.75 Å². The summed E-state index contributed by atoms with van der Waals surface area (Å²) in [6, 6.07) is 6.20. The van der Waals surface area contributed by atoms with Crippen molar-refractivity contribution in [1.82, 2.24) is 4.90 Å². The van der Waals surface area contributed by atoms with E-state index in [0.717, 1.165) is 0 Å². The first kappa shape index (κ1) is 16.8. The minimum Gasteiger partial charge on any atom is -0.482 e. The van der Waals surface area contributed by atoms with Gasteiger partial charge in [-0.3, -0.25) is 0 Å². The van der Waals surface area contributed by atoms with Crippen molar-refractivity contribution in [2.24, 2.45) is 0 Å². The summed E-state index contributed by atoms with van der Waals surface area (Å²) in [7, 11) is 0. The van der Waals surface area contributed by atoms with Crippen LogP contribution in [0.15, 0.2) is 36.2 Å². The zero-order valence-electron chi connectivity index (χ0n) is 12.9. The molecule has 0 fully saturated rings. The van der Waals surface area contributed by atoms with Crippen LogP contribution in [0.4, 0.5) is 14.9 Å². The van der Waals surface area contributed by atoms with Gasteiger partial charge < -0.3 is 19.7 Å². The number of rotatable bonds is 5. The van der Waals surface area contributed by atoms with E-state index in [0.29, 0.717) is 31.0 Å². The number of ether oxygens (including phenoxy) is 2. The van der Waals surface area contributed by atoms with E-state index in [-0.39, 0.29) is 25.0 Å². The molecule has 0 unspecified atom stereocenters. The number of anilines is 1. The van der Waals surface area contributed by atoms with Crippen molar-refractivity contribution in [2.45, 2.75) is 13.3 Å². The van der Waals surface area contributed by atoms with Crippen molar-refractivity contribution in [3.8, 4) is 5.75 Å². The largest absolute Gasteiger partial charge is 0.482 e. The van der Waals surface area contributed by atoms with E-state index in [9.17, 15) is 14.0 Å². The second kappa shape index (κ2) is 8.17. The third kappa shape index (κ3) is 5.28. The van der Waals surface area contributed by atoms with E-state index in [1.54, 1.807) is 31.2 Å². The zero-order chi connectivity index (χ0) is 16.7. The third-order valence-electron chi connectivity index (χ3n) is 3.16. The van der Waals surface area contributed by atoms with Gasteiger partial charge in [0, 0.05) is 12.2 Å². The van der Waals surface area contributed by atoms with Crippen LogP contribution in [0.3, 0.4) is 0 Å². The third-order valence-corrected chi connectivity index (χ3v) is 3.16. The molecule has 0 bridgehead atoms. The number of benzene rings is 1. The lowest BCUT2D eigenvalue weighted by Gasteiger charge is -2.24. The molecule has 0 saturated heterocycles. The summed E-state index contributed by atoms with van der Waals surface area (Å²) in [5.74, 6) is -0.248. The highest BCUT2D eigenvalue weighted by molar-refractivity contribution is 5.89. The Morgan fingerprint density at radius 1 is 1.30 bits per heavy atom. The van der Waals surface area contributed by atoms with Crippen molar-refractivity contribution >= 4 is 17.7 Å². The summed E-state index contributed by atoms with van der Waals surface area (Å²) >= 11 is 0. The summed E-state index contributed by atoms with van der Waals surface area (Å²) in [5.41, 5.74) is 0.563. The average Bonchev–Trinajstić information content (AvgIpc) is 2.54. The molecule has 0 aliphatic carbocycles. The lowest BCUT2D eigenvalue weighted by atomic mass is 10.2. The monoisotopic (exact) mass is 322 g/mol. The normalized spacial score (nSPS) is 14.0. The highest BCUT2D eigenvalue weighted by atomic mass is 19.1. The Hall–Kier alpha value is -2.57. The molecular formula is C16H19FN2O4. The first-order chi connectivity index (χ1) is 11.1.